The second kappa shape index (κ2) is 3.16. The number of aromatic nitrogens is 3. The lowest BCUT2D eigenvalue weighted by atomic mass is 10.00. The fraction of sp³-hybridized carbons (Fsp3) is 0.625. The zero-order valence-electron chi connectivity index (χ0n) is 7.43. The van der Waals surface area contributed by atoms with E-state index < -0.39 is 0 Å². The molecule has 1 aliphatic rings. The predicted molar refractivity (Wildman–Crippen MR) is 43.8 cm³/mol. The Morgan fingerprint density at radius 3 is 3.38 bits per heavy atom. The van der Waals surface area contributed by atoms with Crippen molar-refractivity contribution in [1.82, 2.24) is 14.8 Å². The van der Waals surface area contributed by atoms with Crippen molar-refractivity contribution >= 4 is 5.97 Å². The van der Waals surface area contributed by atoms with Crippen molar-refractivity contribution in [3.05, 3.63) is 12.2 Å². The summed E-state index contributed by atoms with van der Waals surface area (Å²) < 4.78 is 6.60. The smallest absolute Gasteiger partial charge is 0.310 e. The average Bonchev–Trinajstić information content (AvgIpc) is 2.63. The maximum atomic E-state index is 11.2. The van der Waals surface area contributed by atoms with Gasteiger partial charge in [-0.3, -0.25) is 4.79 Å². The Bertz CT molecular complexity index is 321. The second-order valence-corrected chi connectivity index (χ2v) is 3.16. The van der Waals surface area contributed by atoms with Gasteiger partial charge in [0.1, 0.15) is 12.2 Å². The number of methoxy groups -OCH3 is 1. The third-order valence-corrected chi connectivity index (χ3v) is 2.36. The fourth-order valence-corrected chi connectivity index (χ4v) is 1.62. The number of hydrogen-bond donors (Lipinski definition) is 0. The highest BCUT2D eigenvalue weighted by Gasteiger charge is 2.25. The first-order valence-electron chi connectivity index (χ1n) is 4.26. The molecular weight excluding hydrogens is 170 g/mol. The lowest BCUT2D eigenvalue weighted by molar-refractivity contribution is -0.146. The van der Waals surface area contributed by atoms with Crippen molar-refractivity contribution in [1.29, 1.82) is 0 Å². The van der Waals surface area contributed by atoms with Gasteiger partial charge in [0.2, 0.25) is 0 Å². The van der Waals surface area contributed by atoms with Crippen LogP contribution in [-0.2, 0) is 22.5 Å². The molecule has 0 unspecified atom stereocenters. The van der Waals surface area contributed by atoms with Crippen LogP contribution >= 0.6 is 0 Å². The van der Waals surface area contributed by atoms with Crippen LogP contribution < -0.4 is 0 Å². The van der Waals surface area contributed by atoms with Gasteiger partial charge in [0.15, 0.2) is 0 Å². The monoisotopic (exact) mass is 181 g/mol. The molecule has 2 rings (SSSR count). The number of ether oxygens (including phenoxy) is 1. The minimum absolute atomic E-state index is 0.0338. The van der Waals surface area contributed by atoms with Crippen LogP contribution in [0.5, 0.6) is 0 Å². The van der Waals surface area contributed by atoms with E-state index in [0.29, 0.717) is 6.54 Å². The van der Waals surface area contributed by atoms with Gasteiger partial charge < -0.3 is 9.30 Å². The summed E-state index contributed by atoms with van der Waals surface area (Å²) in [7, 11) is 1.42. The van der Waals surface area contributed by atoms with Crippen molar-refractivity contribution in [3.63, 3.8) is 0 Å². The molecule has 0 fully saturated rings. The van der Waals surface area contributed by atoms with Gasteiger partial charge in [0, 0.05) is 13.0 Å². The number of nitrogens with zero attached hydrogens (tertiary/aromatic N) is 3. The van der Waals surface area contributed by atoms with Gasteiger partial charge in [-0.1, -0.05) is 0 Å². The molecule has 0 radical (unpaired) electrons. The van der Waals surface area contributed by atoms with E-state index in [0.717, 1.165) is 18.7 Å². The van der Waals surface area contributed by atoms with Crippen LogP contribution in [0.2, 0.25) is 0 Å². The highest BCUT2D eigenvalue weighted by molar-refractivity contribution is 5.72. The Morgan fingerprint density at radius 1 is 1.77 bits per heavy atom. The van der Waals surface area contributed by atoms with E-state index >= 15 is 0 Å². The van der Waals surface area contributed by atoms with Crippen LogP contribution in [0.15, 0.2) is 6.33 Å². The Kier molecular flexibility index (Phi) is 2.00. The van der Waals surface area contributed by atoms with Gasteiger partial charge in [-0.25, -0.2) is 0 Å². The second-order valence-electron chi connectivity index (χ2n) is 3.16. The van der Waals surface area contributed by atoms with Gasteiger partial charge in [0.25, 0.3) is 0 Å². The number of esters is 1. The van der Waals surface area contributed by atoms with E-state index in [1.165, 1.54) is 7.11 Å². The van der Waals surface area contributed by atoms with Gasteiger partial charge in [-0.05, 0) is 6.42 Å². The third-order valence-electron chi connectivity index (χ3n) is 2.36. The van der Waals surface area contributed by atoms with E-state index in [-0.39, 0.29) is 11.9 Å². The fourth-order valence-electron chi connectivity index (χ4n) is 1.62. The number of rotatable bonds is 1. The summed E-state index contributed by atoms with van der Waals surface area (Å²) in [5.41, 5.74) is 0. The summed E-state index contributed by atoms with van der Waals surface area (Å²) in [5.74, 6) is 0.785. The highest BCUT2D eigenvalue weighted by Crippen LogP contribution is 2.18. The third kappa shape index (κ3) is 1.41. The Balaban J connectivity index is 2.13. The molecule has 0 aliphatic carbocycles. The molecule has 70 valence electrons. The van der Waals surface area contributed by atoms with E-state index in [2.05, 4.69) is 14.9 Å². The van der Waals surface area contributed by atoms with Crippen LogP contribution in [0.1, 0.15) is 12.2 Å². The Morgan fingerprint density at radius 2 is 2.62 bits per heavy atom. The number of carbonyl (C=O) groups excluding carboxylic acids is 1. The topological polar surface area (TPSA) is 57.0 Å². The molecule has 0 aromatic carbocycles. The summed E-state index contributed by atoms with van der Waals surface area (Å²) in [5, 5.41) is 7.72. The molecule has 1 atom stereocenters. The molecule has 0 spiro atoms. The molecule has 0 bridgehead atoms. The maximum absolute atomic E-state index is 11.2. The summed E-state index contributed by atoms with van der Waals surface area (Å²) in [6.45, 7) is 0.648. The van der Waals surface area contributed by atoms with Crippen LogP contribution in [-0.4, -0.2) is 27.8 Å². The van der Waals surface area contributed by atoms with Crippen molar-refractivity contribution in [2.24, 2.45) is 5.92 Å². The maximum Gasteiger partial charge on any atom is 0.310 e. The van der Waals surface area contributed by atoms with Crippen molar-refractivity contribution in [2.75, 3.05) is 7.11 Å². The molecule has 0 N–H and O–H groups in total. The largest absolute Gasteiger partial charge is 0.469 e. The molecule has 5 nitrogen and oxygen atoms in total. The molecule has 2 heterocycles. The normalized spacial score (nSPS) is 20.8. The Labute approximate surface area is 75.7 Å². The van der Waals surface area contributed by atoms with E-state index in [9.17, 15) is 4.79 Å². The number of aryl methyl sites for hydroxylation is 1. The zero-order valence-corrected chi connectivity index (χ0v) is 7.43. The van der Waals surface area contributed by atoms with Crippen molar-refractivity contribution in [3.8, 4) is 0 Å². The van der Waals surface area contributed by atoms with Crippen LogP contribution in [0.4, 0.5) is 0 Å². The Hall–Kier alpha value is -1.39. The molecule has 1 aromatic rings. The number of carbonyl (C=O) groups is 1. The number of fused-ring (bicyclic) bond motifs is 1. The van der Waals surface area contributed by atoms with Crippen LogP contribution in [0.25, 0.3) is 0 Å². The minimum atomic E-state index is -0.139. The van der Waals surface area contributed by atoms with Crippen molar-refractivity contribution in [2.45, 2.75) is 19.4 Å². The first kappa shape index (κ1) is 8.22. The molecule has 0 saturated carbocycles. The van der Waals surface area contributed by atoms with Gasteiger partial charge in [0.05, 0.1) is 13.0 Å². The molecule has 0 saturated heterocycles. The average molecular weight is 181 g/mol. The first-order valence-corrected chi connectivity index (χ1v) is 4.26. The number of hydrogen-bond acceptors (Lipinski definition) is 4. The quantitative estimate of drug-likeness (QED) is 0.573. The summed E-state index contributed by atoms with van der Waals surface area (Å²) >= 11 is 0. The van der Waals surface area contributed by atoms with Crippen LogP contribution in [0, 0.1) is 5.92 Å². The predicted octanol–water partition coefficient (Wildman–Crippen LogP) is 0.0135. The first-order chi connectivity index (χ1) is 6.31. The van der Waals surface area contributed by atoms with Crippen LogP contribution in [0.3, 0.4) is 0 Å². The van der Waals surface area contributed by atoms with Gasteiger partial charge in [-0.2, -0.15) is 0 Å². The molecule has 5 heteroatoms. The minimum Gasteiger partial charge on any atom is -0.469 e. The molecule has 0 amide bonds. The molecule has 1 aromatic heterocycles. The lowest BCUT2D eigenvalue weighted by Gasteiger charge is -2.20. The summed E-state index contributed by atoms with van der Waals surface area (Å²) in [6.07, 6.45) is 3.27. The van der Waals surface area contributed by atoms with Gasteiger partial charge in [-0.15, -0.1) is 10.2 Å². The SMILES string of the molecule is COC(=O)[C@@H]1CCc2nncn2C1. The summed E-state index contributed by atoms with van der Waals surface area (Å²) in [4.78, 5) is 11.2. The highest BCUT2D eigenvalue weighted by atomic mass is 16.5. The van der Waals surface area contributed by atoms with E-state index in [4.69, 9.17) is 0 Å². The van der Waals surface area contributed by atoms with Gasteiger partial charge >= 0.3 is 5.97 Å². The lowest BCUT2D eigenvalue weighted by Crippen LogP contribution is -2.27. The molecule has 13 heavy (non-hydrogen) atoms. The summed E-state index contributed by atoms with van der Waals surface area (Å²) in [6, 6.07) is 0. The van der Waals surface area contributed by atoms with E-state index in [1.807, 2.05) is 4.57 Å². The molecular formula is C8H11N3O2. The van der Waals surface area contributed by atoms with E-state index in [1.54, 1.807) is 6.33 Å². The molecule has 1 aliphatic heterocycles. The van der Waals surface area contributed by atoms with Crippen molar-refractivity contribution < 1.29 is 9.53 Å². The zero-order chi connectivity index (χ0) is 9.26. The standard InChI is InChI=1S/C8H11N3O2/c1-13-8(12)6-2-3-7-10-9-5-11(7)4-6/h5-6H,2-4H2,1H3/t6-/m1/s1.